The van der Waals surface area contributed by atoms with Gasteiger partial charge < -0.3 is 4.74 Å². The zero-order valence-electron chi connectivity index (χ0n) is 7.43. The number of aromatic nitrogens is 1. The Kier molecular flexibility index (Phi) is 3.98. The predicted octanol–water partition coefficient (Wildman–Crippen LogP) is 3.17. The van der Waals surface area contributed by atoms with Crippen LogP contribution in [0, 0.1) is 0 Å². The third kappa shape index (κ3) is 2.43. The largest absolute Gasteiger partial charge is 0.494 e. The molecular weight excluding hydrogens is 295 g/mol. The van der Waals surface area contributed by atoms with Gasteiger partial charge in [0, 0.05) is 6.20 Å². The molecule has 1 aromatic rings. The van der Waals surface area contributed by atoms with E-state index in [4.69, 9.17) is 16.3 Å². The van der Waals surface area contributed by atoms with Crippen LogP contribution in [-0.4, -0.2) is 17.3 Å². The summed E-state index contributed by atoms with van der Waals surface area (Å²) < 4.78 is 29.9. The number of carbonyl (C=O) groups excluding carboxylic acids is 1. The summed E-state index contributed by atoms with van der Waals surface area (Å²) in [6, 6.07) is 0. The number of pyridine rings is 1. The molecule has 0 unspecified atom stereocenters. The number of methoxy groups -OCH3 is 1. The fourth-order valence-electron chi connectivity index (χ4n) is 1.03. The van der Waals surface area contributed by atoms with Gasteiger partial charge in [-0.25, -0.2) is 8.78 Å². The van der Waals surface area contributed by atoms with Crippen molar-refractivity contribution in [1.29, 1.82) is 0 Å². The van der Waals surface area contributed by atoms with Gasteiger partial charge in [0.1, 0.15) is 5.69 Å². The summed E-state index contributed by atoms with van der Waals surface area (Å²) in [7, 11) is 1.17. The van der Waals surface area contributed by atoms with Gasteiger partial charge in [-0.2, -0.15) is 0 Å². The van der Waals surface area contributed by atoms with Crippen molar-refractivity contribution in [2.24, 2.45) is 0 Å². The zero-order valence-corrected chi connectivity index (χ0v) is 9.77. The second-order valence-electron chi connectivity index (χ2n) is 2.47. The summed E-state index contributed by atoms with van der Waals surface area (Å²) in [4.78, 5) is 14.5. The molecule has 0 aliphatic rings. The minimum Gasteiger partial charge on any atom is -0.494 e. The van der Waals surface area contributed by atoms with Crippen molar-refractivity contribution >= 4 is 32.8 Å². The van der Waals surface area contributed by atoms with Gasteiger partial charge in [0.2, 0.25) is 0 Å². The number of ether oxygens (including phenoxy) is 1. The van der Waals surface area contributed by atoms with Gasteiger partial charge >= 0.3 is 0 Å². The van der Waals surface area contributed by atoms with Crippen molar-refractivity contribution in [2.75, 3.05) is 7.11 Å². The first kappa shape index (κ1) is 12.3. The average Bonchev–Trinajstić information content (AvgIpc) is 2.15. The van der Waals surface area contributed by atoms with Crippen LogP contribution in [-0.2, 0) is 0 Å². The number of hydrogen-bond acceptors (Lipinski definition) is 3. The summed E-state index contributed by atoms with van der Waals surface area (Å²) in [5.74, 6) is -0.306. The van der Waals surface area contributed by atoms with E-state index >= 15 is 0 Å². The van der Waals surface area contributed by atoms with E-state index in [1.165, 1.54) is 7.11 Å². The van der Waals surface area contributed by atoms with Crippen molar-refractivity contribution in [3.63, 3.8) is 0 Å². The summed E-state index contributed by atoms with van der Waals surface area (Å²) in [5.41, 5.74) is -0.755. The summed E-state index contributed by atoms with van der Waals surface area (Å²) in [6.45, 7) is 0. The van der Waals surface area contributed by atoms with Gasteiger partial charge in [-0.3, -0.25) is 9.78 Å². The van der Waals surface area contributed by atoms with Crippen LogP contribution >= 0.6 is 27.5 Å². The number of halogens is 4. The third-order valence-electron chi connectivity index (χ3n) is 1.62. The van der Waals surface area contributed by atoms with Gasteiger partial charge in [0.05, 0.1) is 17.1 Å². The highest BCUT2D eigenvalue weighted by atomic mass is 79.9. The molecule has 0 aliphatic heterocycles. The summed E-state index contributed by atoms with van der Waals surface area (Å²) in [6.07, 6.45) is -1.75. The molecule has 3 nitrogen and oxygen atoms in total. The SMILES string of the molecule is COc1c(C(F)F)ncc(Br)c1C(=O)Cl. The van der Waals surface area contributed by atoms with Gasteiger partial charge in [-0.05, 0) is 27.5 Å². The third-order valence-corrected chi connectivity index (χ3v) is 2.41. The van der Waals surface area contributed by atoms with E-state index in [0.29, 0.717) is 0 Å². The number of carbonyl (C=O) groups is 1. The van der Waals surface area contributed by atoms with Crippen molar-refractivity contribution < 1.29 is 18.3 Å². The number of nitrogens with zero attached hydrogens (tertiary/aromatic N) is 1. The lowest BCUT2D eigenvalue weighted by atomic mass is 10.2. The van der Waals surface area contributed by atoms with Crippen LogP contribution in [0.2, 0.25) is 0 Å². The van der Waals surface area contributed by atoms with Crippen LogP contribution in [0.3, 0.4) is 0 Å². The maximum atomic E-state index is 12.5. The number of hydrogen-bond donors (Lipinski definition) is 0. The molecule has 1 rings (SSSR count). The molecule has 82 valence electrons. The molecule has 0 saturated carbocycles. The summed E-state index contributed by atoms with van der Waals surface area (Å²) in [5, 5.41) is -0.886. The molecule has 0 aliphatic carbocycles. The highest BCUT2D eigenvalue weighted by molar-refractivity contribution is 9.10. The molecule has 0 aromatic carbocycles. The van der Waals surface area contributed by atoms with E-state index in [1.807, 2.05) is 0 Å². The Bertz CT molecular complexity index is 400. The van der Waals surface area contributed by atoms with Crippen molar-refractivity contribution in [3.8, 4) is 5.75 Å². The first-order chi connectivity index (χ1) is 6.99. The molecule has 0 amide bonds. The Morgan fingerprint density at radius 1 is 1.67 bits per heavy atom. The Hall–Kier alpha value is -0.750. The van der Waals surface area contributed by atoms with Crippen LogP contribution in [0.1, 0.15) is 22.5 Å². The van der Waals surface area contributed by atoms with E-state index in [-0.39, 0.29) is 15.8 Å². The van der Waals surface area contributed by atoms with Gasteiger partial charge in [0.15, 0.2) is 5.75 Å². The predicted molar refractivity (Wildman–Crippen MR) is 53.6 cm³/mol. The van der Waals surface area contributed by atoms with Gasteiger partial charge in [-0.1, -0.05) is 0 Å². The maximum Gasteiger partial charge on any atom is 0.284 e. The number of rotatable bonds is 3. The standard InChI is InChI=1S/C8H5BrClF2NO2/c1-15-6-4(7(10)14)3(9)2-13-5(6)8(11)12/h2,8H,1H3. The van der Waals surface area contributed by atoms with E-state index in [1.54, 1.807) is 0 Å². The monoisotopic (exact) mass is 299 g/mol. The van der Waals surface area contributed by atoms with Crippen LogP contribution < -0.4 is 4.74 Å². The second kappa shape index (κ2) is 4.85. The minimum atomic E-state index is -2.83. The second-order valence-corrected chi connectivity index (χ2v) is 3.67. The molecule has 1 aromatic heterocycles. The van der Waals surface area contributed by atoms with Crippen LogP contribution in [0.5, 0.6) is 5.75 Å². The first-order valence-electron chi connectivity index (χ1n) is 3.69. The lowest BCUT2D eigenvalue weighted by Crippen LogP contribution is -2.04. The zero-order chi connectivity index (χ0) is 11.6. The smallest absolute Gasteiger partial charge is 0.284 e. The van der Waals surface area contributed by atoms with Gasteiger partial charge in [-0.15, -0.1) is 0 Å². The van der Waals surface area contributed by atoms with Crippen LogP contribution in [0.4, 0.5) is 8.78 Å². The molecule has 0 saturated heterocycles. The summed E-state index contributed by atoms with van der Waals surface area (Å²) >= 11 is 8.23. The molecule has 15 heavy (non-hydrogen) atoms. The van der Waals surface area contributed by atoms with Crippen molar-refractivity contribution in [1.82, 2.24) is 4.98 Å². The number of alkyl halides is 2. The molecule has 0 radical (unpaired) electrons. The molecule has 0 fully saturated rings. The van der Waals surface area contributed by atoms with E-state index in [2.05, 4.69) is 20.9 Å². The average molecular weight is 300 g/mol. The van der Waals surface area contributed by atoms with E-state index in [0.717, 1.165) is 6.20 Å². The quantitative estimate of drug-likeness (QED) is 0.805. The van der Waals surface area contributed by atoms with E-state index in [9.17, 15) is 13.6 Å². The molecule has 7 heteroatoms. The van der Waals surface area contributed by atoms with Crippen LogP contribution in [0.15, 0.2) is 10.7 Å². The first-order valence-corrected chi connectivity index (χ1v) is 4.86. The highest BCUT2D eigenvalue weighted by Crippen LogP contribution is 2.35. The van der Waals surface area contributed by atoms with E-state index < -0.39 is 17.4 Å². The van der Waals surface area contributed by atoms with Crippen molar-refractivity contribution in [2.45, 2.75) is 6.43 Å². The Morgan fingerprint density at radius 2 is 2.27 bits per heavy atom. The topological polar surface area (TPSA) is 39.2 Å². The fourth-order valence-corrected chi connectivity index (χ4v) is 1.80. The molecule has 0 bridgehead atoms. The molecular formula is C8H5BrClF2NO2. The maximum absolute atomic E-state index is 12.5. The lowest BCUT2D eigenvalue weighted by Gasteiger charge is -2.10. The normalized spacial score (nSPS) is 10.5. The Labute approximate surface area is 97.5 Å². The Morgan fingerprint density at radius 3 is 2.67 bits per heavy atom. The van der Waals surface area contributed by atoms with Crippen LogP contribution in [0.25, 0.3) is 0 Å². The Balaban J connectivity index is 3.47. The van der Waals surface area contributed by atoms with Crippen molar-refractivity contribution in [3.05, 3.63) is 21.9 Å². The fraction of sp³-hybridized carbons (Fsp3) is 0.250. The molecule has 1 heterocycles. The van der Waals surface area contributed by atoms with Gasteiger partial charge in [0.25, 0.3) is 11.7 Å². The molecule has 0 N–H and O–H groups in total. The molecule has 0 atom stereocenters. The highest BCUT2D eigenvalue weighted by Gasteiger charge is 2.24. The minimum absolute atomic E-state index is 0.149. The lowest BCUT2D eigenvalue weighted by molar-refractivity contribution is 0.107. The molecule has 0 spiro atoms.